The van der Waals surface area contributed by atoms with Gasteiger partial charge >= 0.3 is 0 Å². The summed E-state index contributed by atoms with van der Waals surface area (Å²) >= 11 is 12.2. The Balaban J connectivity index is 1.99. The Morgan fingerprint density at radius 2 is 1.62 bits per heavy atom. The van der Waals surface area contributed by atoms with Gasteiger partial charge in [-0.05, 0) is 74.4 Å². The molecule has 39 heavy (non-hydrogen) atoms. The Bertz CT molecular complexity index is 1380. The lowest BCUT2D eigenvalue weighted by Gasteiger charge is -2.32. The number of aryl methyl sites for hydroxylation is 1. The highest BCUT2D eigenvalue weighted by molar-refractivity contribution is 7.92. The number of anilines is 1. The molecule has 0 unspecified atom stereocenters. The average Bonchev–Trinajstić information content (AvgIpc) is 2.90. The minimum Gasteiger partial charge on any atom is -0.354 e. The molecule has 2 amide bonds. The molecule has 0 saturated heterocycles. The molecule has 1 N–H and O–H groups in total. The van der Waals surface area contributed by atoms with Gasteiger partial charge in [-0.25, -0.2) is 8.42 Å². The van der Waals surface area contributed by atoms with Crippen LogP contribution in [0.4, 0.5) is 5.69 Å². The first-order valence-corrected chi connectivity index (χ1v) is 14.9. The van der Waals surface area contributed by atoms with Crippen LogP contribution in [0.1, 0.15) is 37.8 Å². The molecule has 208 valence electrons. The largest absolute Gasteiger partial charge is 0.354 e. The van der Waals surface area contributed by atoms with Crippen LogP contribution in [0.2, 0.25) is 10.0 Å². The summed E-state index contributed by atoms with van der Waals surface area (Å²) in [5.74, 6) is -0.854. The van der Waals surface area contributed by atoms with Gasteiger partial charge in [0.1, 0.15) is 12.6 Å². The van der Waals surface area contributed by atoms with Gasteiger partial charge in [-0.2, -0.15) is 0 Å². The zero-order valence-electron chi connectivity index (χ0n) is 22.2. The summed E-state index contributed by atoms with van der Waals surface area (Å²) in [5.41, 5.74) is 1.98. The smallest absolute Gasteiger partial charge is 0.264 e. The van der Waals surface area contributed by atoms with Gasteiger partial charge in [0.2, 0.25) is 11.8 Å². The van der Waals surface area contributed by atoms with E-state index in [9.17, 15) is 18.0 Å². The van der Waals surface area contributed by atoms with Crippen LogP contribution in [0.3, 0.4) is 0 Å². The second-order valence-corrected chi connectivity index (χ2v) is 12.0. The predicted octanol–water partition coefficient (Wildman–Crippen LogP) is 5.83. The number of sulfonamides is 1. The minimum absolute atomic E-state index is 0.00739. The van der Waals surface area contributed by atoms with Crippen molar-refractivity contribution in [2.75, 3.05) is 17.4 Å². The number of hydrogen-bond acceptors (Lipinski definition) is 4. The zero-order chi connectivity index (χ0) is 28.6. The number of carbonyl (C=O) groups is 2. The van der Waals surface area contributed by atoms with Crippen molar-refractivity contribution in [3.63, 3.8) is 0 Å². The lowest BCUT2D eigenvalue weighted by molar-refractivity contribution is -0.139. The standard InChI is InChI=1S/C29H33Cl2N3O4S/c1-4-5-17-32-29(36)22(3)33(19-23-7-6-8-25(31)18-23)28(35)20-34(26-13-9-21(2)10-14-26)39(37,38)27-15-11-24(30)12-16-27/h6-16,18,22H,4-5,17,19-20H2,1-3H3,(H,32,36)/t22-/m0/s1. The molecular formula is C29H33Cl2N3O4S. The number of carbonyl (C=O) groups excluding carboxylic acids is 2. The van der Waals surface area contributed by atoms with Crippen LogP contribution in [0.5, 0.6) is 0 Å². The summed E-state index contributed by atoms with van der Waals surface area (Å²) in [6.07, 6.45) is 1.72. The molecule has 10 heteroatoms. The summed E-state index contributed by atoms with van der Waals surface area (Å²) in [7, 11) is -4.15. The van der Waals surface area contributed by atoms with E-state index < -0.39 is 28.5 Å². The van der Waals surface area contributed by atoms with Crippen LogP contribution in [0, 0.1) is 6.92 Å². The fraction of sp³-hybridized carbons (Fsp3) is 0.310. The van der Waals surface area contributed by atoms with E-state index in [-0.39, 0.29) is 17.3 Å². The second kappa shape index (κ2) is 13.8. The summed E-state index contributed by atoms with van der Waals surface area (Å²) < 4.78 is 28.6. The first-order chi connectivity index (χ1) is 18.5. The van der Waals surface area contributed by atoms with Crippen LogP contribution in [0.15, 0.2) is 77.7 Å². The maximum absolute atomic E-state index is 13.9. The monoisotopic (exact) mass is 589 g/mol. The average molecular weight is 591 g/mol. The van der Waals surface area contributed by atoms with Gasteiger partial charge in [0.05, 0.1) is 10.6 Å². The Hall–Kier alpha value is -3.07. The third-order valence-corrected chi connectivity index (χ3v) is 8.52. The van der Waals surface area contributed by atoms with Gasteiger partial charge in [-0.3, -0.25) is 13.9 Å². The molecule has 0 aliphatic heterocycles. The van der Waals surface area contributed by atoms with Gasteiger partial charge in [0.15, 0.2) is 0 Å². The number of unbranched alkanes of at least 4 members (excludes halogenated alkanes) is 1. The fourth-order valence-corrected chi connectivity index (χ4v) is 5.68. The van der Waals surface area contributed by atoms with E-state index >= 15 is 0 Å². The maximum atomic E-state index is 13.9. The Morgan fingerprint density at radius 1 is 0.949 bits per heavy atom. The van der Waals surface area contributed by atoms with E-state index in [4.69, 9.17) is 23.2 Å². The molecule has 3 aromatic rings. The molecule has 0 aliphatic rings. The molecule has 0 saturated carbocycles. The normalized spacial score (nSPS) is 12.0. The molecule has 0 aliphatic carbocycles. The summed E-state index contributed by atoms with van der Waals surface area (Å²) in [4.78, 5) is 28.2. The van der Waals surface area contributed by atoms with Crippen LogP contribution >= 0.6 is 23.2 Å². The number of nitrogens with zero attached hydrogens (tertiary/aromatic N) is 2. The van der Waals surface area contributed by atoms with Gasteiger partial charge in [0, 0.05) is 23.1 Å². The lowest BCUT2D eigenvalue weighted by Crippen LogP contribution is -2.51. The van der Waals surface area contributed by atoms with Crippen molar-refractivity contribution in [3.8, 4) is 0 Å². The van der Waals surface area contributed by atoms with E-state index in [0.717, 1.165) is 22.7 Å². The minimum atomic E-state index is -4.15. The van der Waals surface area contributed by atoms with Crippen molar-refractivity contribution >= 4 is 50.7 Å². The SMILES string of the molecule is CCCCNC(=O)[C@H](C)N(Cc1cccc(Cl)c1)C(=O)CN(c1ccc(C)cc1)S(=O)(=O)c1ccc(Cl)cc1. The molecule has 1 atom stereocenters. The van der Waals surface area contributed by atoms with E-state index in [1.807, 2.05) is 13.8 Å². The van der Waals surface area contributed by atoms with Crippen molar-refractivity contribution < 1.29 is 18.0 Å². The summed E-state index contributed by atoms with van der Waals surface area (Å²) in [6, 6.07) is 18.8. The number of benzene rings is 3. The topological polar surface area (TPSA) is 86.8 Å². The van der Waals surface area contributed by atoms with E-state index in [1.165, 1.54) is 29.2 Å². The van der Waals surface area contributed by atoms with E-state index in [2.05, 4.69) is 5.32 Å². The Morgan fingerprint density at radius 3 is 2.23 bits per heavy atom. The van der Waals surface area contributed by atoms with Gasteiger partial charge in [-0.1, -0.05) is 66.4 Å². The first kappa shape index (κ1) is 30.5. The Kier molecular flexibility index (Phi) is 10.8. The first-order valence-electron chi connectivity index (χ1n) is 12.7. The molecule has 3 rings (SSSR count). The van der Waals surface area contributed by atoms with Gasteiger partial charge < -0.3 is 10.2 Å². The van der Waals surface area contributed by atoms with Crippen molar-refractivity contribution in [2.45, 2.75) is 51.1 Å². The Labute approximate surface area is 240 Å². The molecule has 3 aromatic carbocycles. The van der Waals surface area contributed by atoms with Crippen molar-refractivity contribution in [3.05, 3.63) is 94.0 Å². The second-order valence-electron chi connectivity index (χ2n) is 9.27. The molecule has 7 nitrogen and oxygen atoms in total. The van der Waals surface area contributed by atoms with Crippen LogP contribution in [-0.4, -0.2) is 44.3 Å². The number of amides is 2. The van der Waals surface area contributed by atoms with Crippen molar-refractivity contribution in [1.29, 1.82) is 0 Å². The number of rotatable bonds is 12. The predicted molar refractivity (Wildman–Crippen MR) is 157 cm³/mol. The van der Waals surface area contributed by atoms with Crippen molar-refractivity contribution in [1.82, 2.24) is 10.2 Å². The molecule has 0 fully saturated rings. The number of halogens is 2. The van der Waals surface area contributed by atoms with Crippen LogP contribution in [0.25, 0.3) is 0 Å². The molecule has 0 bridgehead atoms. The summed E-state index contributed by atoms with van der Waals surface area (Å²) in [5, 5.41) is 3.75. The highest BCUT2D eigenvalue weighted by Crippen LogP contribution is 2.26. The van der Waals surface area contributed by atoms with Crippen LogP contribution < -0.4 is 9.62 Å². The third kappa shape index (κ3) is 8.21. The van der Waals surface area contributed by atoms with Crippen LogP contribution in [-0.2, 0) is 26.2 Å². The highest BCUT2D eigenvalue weighted by atomic mass is 35.5. The maximum Gasteiger partial charge on any atom is 0.264 e. The molecule has 0 aromatic heterocycles. The molecular weight excluding hydrogens is 557 g/mol. The van der Waals surface area contributed by atoms with Crippen molar-refractivity contribution in [2.24, 2.45) is 0 Å². The number of hydrogen-bond donors (Lipinski definition) is 1. The number of nitrogens with one attached hydrogen (secondary N) is 1. The highest BCUT2D eigenvalue weighted by Gasteiger charge is 2.32. The fourth-order valence-electron chi connectivity index (χ4n) is 3.92. The third-order valence-electron chi connectivity index (χ3n) is 6.24. The lowest BCUT2D eigenvalue weighted by atomic mass is 10.1. The van der Waals surface area contributed by atoms with E-state index in [1.54, 1.807) is 55.5 Å². The van der Waals surface area contributed by atoms with Gasteiger partial charge in [-0.15, -0.1) is 0 Å². The zero-order valence-corrected chi connectivity index (χ0v) is 24.6. The quantitative estimate of drug-likeness (QED) is 0.269. The molecule has 0 spiro atoms. The molecule has 0 heterocycles. The van der Waals surface area contributed by atoms with Gasteiger partial charge in [0.25, 0.3) is 10.0 Å². The molecule has 0 radical (unpaired) electrons. The summed E-state index contributed by atoms with van der Waals surface area (Å²) in [6.45, 7) is 5.59. The van der Waals surface area contributed by atoms with E-state index in [0.29, 0.717) is 27.8 Å².